The van der Waals surface area contributed by atoms with E-state index in [1.54, 1.807) is 0 Å². The fourth-order valence-corrected chi connectivity index (χ4v) is 2.80. The molecule has 0 fully saturated rings. The van der Waals surface area contributed by atoms with Crippen molar-refractivity contribution in [2.24, 2.45) is 0 Å². The lowest BCUT2D eigenvalue weighted by molar-refractivity contribution is 1.37. The van der Waals surface area contributed by atoms with Crippen LogP contribution in [0, 0.1) is 3.57 Å². The first-order chi connectivity index (χ1) is 5.20. The fraction of sp³-hybridized carbons (Fsp3) is 0.333. The van der Waals surface area contributed by atoms with E-state index >= 15 is 0 Å². The Labute approximate surface area is 84.9 Å². The second-order valence-corrected chi connectivity index (χ2v) is 6.47. The van der Waals surface area contributed by atoms with Crippen LogP contribution in [-0.2, 0) is 5.75 Å². The minimum Gasteiger partial charge on any atom is -0.255 e. The molecule has 0 spiro atoms. The molecular weight excluding hydrogens is 267 g/mol. The van der Waals surface area contributed by atoms with E-state index in [0.29, 0.717) is 0 Å². The standard InChI is InChI=1S/C9H13IS/c1-11(2)7-8-5-3-4-6-9(8)10/h3-6,11H,7H2,1-2H3. The topological polar surface area (TPSA) is 0 Å². The highest BCUT2D eigenvalue weighted by molar-refractivity contribution is 14.1. The van der Waals surface area contributed by atoms with Crippen molar-refractivity contribution in [1.82, 2.24) is 0 Å². The van der Waals surface area contributed by atoms with Crippen LogP contribution in [0.1, 0.15) is 5.56 Å². The zero-order valence-corrected chi connectivity index (χ0v) is 9.89. The molecule has 0 bridgehead atoms. The van der Waals surface area contributed by atoms with Gasteiger partial charge in [0.2, 0.25) is 0 Å². The molecule has 0 heterocycles. The van der Waals surface area contributed by atoms with Gasteiger partial charge in [-0.3, -0.25) is 10.9 Å². The molecule has 0 aromatic heterocycles. The summed E-state index contributed by atoms with van der Waals surface area (Å²) in [6.45, 7) is 0. The van der Waals surface area contributed by atoms with Gasteiger partial charge in [-0.1, -0.05) is 18.2 Å². The normalized spacial score (nSPS) is 11.4. The summed E-state index contributed by atoms with van der Waals surface area (Å²) in [6, 6.07) is 8.62. The van der Waals surface area contributed by atoms with Crippen molar-refractivity contribution in [1.29, 1.82) is 0 Å². The molecule has 0 unspecified atom stereocenters. The Balaban J connectivity index is 2.78. The molecule has 0 radical (unpaired) electrons. The van der Waals surface area contributed by atoms with E-state index in [1.807, 2.05) is 0 Å². The maximum Gasteiger partial charge on any atom is 0.0170 e. The van der Waals surface area contributed by atoms with E-state index < -0.39 is 0 Å². The smallest absolute Gasteiger partial charge is 0.0170 e. The van der Waals surface area contributed by atoms with Crippen molar-refractivity contribution in [2.45, 2.75) is 5.75 Å². The van der Waals surface area contributed by atoms with Crippen LogP contribution in [0.2, 0.25) is 0 Å². The minimum absolute atomic E-state index is 0.202. The molecule has 2 heteroatoms. The highest BCUT2D eigenvalue weighted by Crippen LogP contribution is 2.24. The quantitative estimate of drug-likeness (QED) is 0.624. The summed E-state index contributed by atoms with van der Waals surface area (Å²) in [5.41, 5.74) is 1.50. The number of hydrogen-bond acceptors (Lipinski definition) is 0. The van der Waals surface area contributed by atoms with E-state index in [2.05, 4.69) is 59.4 Å². The molecule has 0 nitrogen and oxygen atoms in total. The van der Waals surface area contributed by atoms with E-state index in [9.17, 15) is 0 Å². The van der Waals surface area contributed by atoms with Crippen LogP contribution in [-0.4, -0.2) is 12.5 Å². The van der Waals surface area contributed by atoms with Crippen molar-refractivity contribution >= 4 is 33.5 Å². The van der Waals surface area contributed by atoms with E-state index in [1.165, 1.54) is 14.9 Å². The third-order valence-corrected chi connectivity index (χ3v) is 3.47. The number of thiol groups is 1. The Morgan fingerprint density at radius 1 is 1.27 bits per heavy atom. The Bertz CT molecular complexity index is 233. The van der Waals surface area contributed by atoms with Crippen LogP contribution in [0.5, 0.6) is 0 Å². The SMILES string of the molecule is C[SH](C)Cc1ccccc1I. The average Bonchev–Trinajstić information content (AvgIpc) is 1.93. The van der Waals surface area contributed by atoms with Crippen LogP contribution in [0.25, 0.3) is 0 Å². The zero-order valence-electron chi connectivity index (χ0n) is 6.84. The monoisotopic (exact) mass is 280 g/mol. The fourth-order valence-electron chi connectivity index (χ4n) is 0.967. The molecule has 1 aromatic rings. The third kappa shape index (κ3) is 3.03. The van der Waals surface area contributed by atoms with Gasteiger partial charge in [0.25, 0.3) is 0 Å². The Morgan fingerprint density at radius 2 is 1.91 bits per heavy atom. The van der Waals surface area contributed by atoms with Gasteiger partial charge in [-0.25, -0.2) is 0 Å². The first kappa shape index (κ1) is 9.39. The molecule has 1 aromatic carbocycles. The predicted octanol–water partition coefficient (Wildman–Crippen LogP) is 3.05. The van der Waals surface area contributed by atoms with Crippen LogP contribution in [0.3, 0.4) is 0 Å². The molecule has 0 aliphatic rings. The molecule has 11 heavy (non-hydrogen) atoms. The number of hydrogen-bond donors (Lipinski definition) is 1. The second kappa shape index (κ2) is 4.36. The van der Waals surface area contributed by atoms with Crippen LogP contribution < -0.4 is 0 Å². The Morgan fingerprint density at radius 3 is 2.45 bits per heavy atom. The van der Waals surface area contributed by atoms with Gasteiger partial charge in [-0.2, -0.15) is 0 Å². The molecule has 0 amide bonds. The lowest BCUT2D eigenvalue weighted by Crippen LogP contribution is -1.87. The maximum atomic E-state index is 2.40. The first-order valence-corrected chi connectivity index (χ1v) is 7.08. The molecule has 0 aliphatic carbocycles. The summed E-state index contributed by atoms with van der Waals surface area (Å²) < 4.78 is 1.40. The molecular formula is C9H13IS. The Kier molecular flexibility index (Phi) is 3.72. The zero-order chi connectivity index (χ0) is 8.27. The van der Waals surface area contributed by atoms with Crippen LogP contribution in [0.4, 0.5) is 0 Å². The number of benzene rings is 1. The second-order valence-electron chi connectivity index (χ2n) is 2.83. The summed E-state index contributed by atoms with van der Waals surface area (Å²) >= 11 is 2.40. The predicted molar refractivity (Wildman–Crippen MR) is 63.7 cm³/mol. The van der Waals surface area contributed by atoms with Gasteiger partial charge in [0, 0.05) is 9.32 Å². The van der Waals surface area contributed by atoms with E-state index in [-0.39, 0.29) is 10.9 Å². The molecule has 0 aliphatic heterocycles. The molecule has 0 N–H and O–H groups in total. The van der Waals surface area contributed by atoms with Crippen LogP contribution in [0.15, 0.2) is 24.3 Å². The summed E-state index contributed by atoms with van der Waals surface area (Å²) in [5.74, 6) is 1.26. The van der Waals surface area contributed by atoms with E-state index in [4.69, 9.17) is 0 Å². The number of rotatable bonds is 2. The maximum absolute atomic E-state index is 2.40. The van der Waals surface area contributed by atoms with Gasteiger partial charge in [-0.15, -0.1) is 0 Å². The minimum atomic E-state index is 0.202. The average molecular weight is 280 g/mol. The highest BCUT2D eigenvalue weighted by atomic mass is 127. The van der Waals surface area contributed by atoms with Gasteiger partial charge in [0.1, 0.15) is 0 Å². The van der Waals surface area contributed by atoms with E-state index in [0.717, 1.165) is 0 Å². The Hall–Kier alpha value is 0.300. The first-order valence-electron chi connectivity index (χ1n) is 3.58. The lowest BCUT2D eigenvalue weighted by Gasteiger charge is -2.09. The van der Waals surface area contributed by atoms with Crippen LogP contribution >= 0.6 is 33.5 Å². The lowest BCUT2D eigenvalue weighted by atomic mass is 10.2. The molecule has 0 saturated heterocycles. The van der Waals surface area contributed by atoms with Crippen molar-refractivity contribution < 1.29 is 0 Å². The molecule has 0 saturated carbocycles. The summed E-state index contributed by atoms with van der Waals surface area (Å²) in [7, 11) is 0.202. The highest BCUT2D eigenvalue weighted by Gasteiger charge is 1.97. The van der Waals surface area contributed by atoms with Gasteiger partial charge in [0.15, 0.2) is 0 Å². The van der Waals surface area contributed by atoms with Gasteiger partial charge in [-0.05, 0) is 46.7 Å². The number of halogens is 1. The third-order valence-electron chi connectivity index (χ3n) is 1.44. The molecule has 1 rings (SSSR count). The summed E-state index contributed by atoms with van der Waals surface area (Å²) in [6.07, 6.45) is 4.64. The van der Waals surface area contributed by atoms with Crippen molar-refractivity contribution in [2.75, 3.05) is 12.5 Å². The summed E-state index contributed by atoms with van der Waals surface area (Å²) in [5, 5.41) is 0. The van der Waals surface area contributed by atoms with Gasteiger partial charge in [0.05, 0.1) is 0 Å². The van der Waals surface area contributed by atoms with Gasteiger partial charge >= 0.3 is 0 Å². The van der Waals surface area contributed by atoms with Crippen molar-refractivity contribution in [3.63, 3.8) is 0 Å². The summed E-state index contributed by atoms with van der Waals surface area (Å²) in [4.78, 5) is 0. The molecule has 0 atom stereocenters. The van der Waals surface area contributed by atoms with Crippen molar-refractivity contribution in [3.05, 3.63) is 33.4 Å². The van der Waals surface area contributed by atoms with Crippen molar-refractivity contribution in [3.8, 4) is 0 Å². The largest absolute Gasteiger partial charge is 0.255 e. The molecule has 62 valence electrons. The van der Waals surface area contributed by atoms with Gasteiger partial charge < -0.3 is 0 Å².